The van der Waals surface area contributed by atoms with Crippen molar-refractivity contribution >= 4 is 42.9 Å². The first kappa shape index (κ1) is 16.6. The van der Waals surface area contributed by atoms with Crippen molar-refractivity contribution < 1.29 is 0 Å². The molecule has 26 heavy (non-hydrogen) atoms. The Bertz CT molecular complexity index is 1130. The molecule has 0 N–H and O–H groups in total. The van der Waals surface area contributed by atoms with E-state index in [1.807, 2.05) is 35.6 Å². The minimum absolute atomic E-state index is 0.506. The lowest BCUT2D eigenvalue weighted by atomic mass is 10.0. The van der Waals surface area contributed by atoms with Gasteiger partial charge in [-0.05, 0) is 41.8 Å². The number of fused-ring (bicyclic) bond motifs is 3. The highest BCUT2D eigenvalue weighted by Crippen LogP contribution is 2.43. The normalized spacial score (nSPS) is 11.2. The van der Waals surface area contributed by atoms with Crippen molar-refractivity contribution in [3.63, 3.8) is 0 Å². The Morgan fingerprint density at radius 2 is 1.54 bits per heavy atom. The van der Waals surface area contributed by atoms with Gasteiger partial charge >= 0.3 is 0 Å². The van der Waals surface area contributed by atoms with Crippen molar-refractivity contribution in [1.29, 1.82) is 5.26 Å². The molecule has 128 valence electrons. The number of nitrogens with zero attached hydrogens (tertiary/aromatic N) is 2. The summed E-state index contributed by atoms with van der Waals surface area (Å²) in [6, 6.07) is 23.1. The molecule has 1 aromatic heterocycles. The maximum atomic E-state index is 9.01. The Morgan fingerprint density at radius 3 is 2.19 bits per heavy atom. The molecule has 0 bridgehead atoms. The van der Waals surface area contributed by atoms with Gasteiger partial charge in [0.15, 0.2) is 0 Å². The van der Waals surface area contributed by atoms with E-state index in [1.165, 1.54) is 31.4 Å². The minimum atomic E-state index is 0.506. The lowest BCUT2D eigenvalue weighted by Gasteiger charge is -2.20. The van der Waals surface area contributed by atoms with Gasteiger partial charge in [0.05, 0.1) is 22.0 Å². The van der Waals surface area contributed by atoms with Gasteiger partial charge in [-0.15, -0.1) is 11.3 Å². The van der Waals surface area contributed by atoms with Crippen molar-refractivity contribution in [2.75, 3.05) is 11.9 Å². The minimum Gasteiger partial charge on any atom is -0.343 e. The van der Waals surface area contributed by atoms with Crippen molar-refractivity contribution in [3.8, 4) is 6.07 Å². The van der Waals surface area contributed by atoms with Crippen LogP contribution in [0.15, 0.2) is 60.7 Å². The highest BCUT2D eigenvalue weighted by molar-refractivity contribution is 7.26. The van der Waals surface area contributed by atoms with E-state index >= 15 is 0 Å². The highest BCUT2D eigenvalue weighted by Gasteiger charge is 2.15. The van der Waals surface area contributed by atoms with Crippen LogP contribution in [0.2, 0.25) is 0 Å². The summed E-state index contributed by atoms with van der Waals surface area (Å²) in [5.41, 5.74) is 4.38. The van der Waals surface area contributed by atoms with Crippen molar-refractivity contribution in [2.24, 2.45) is 0 Å². The third kappa shape index (κ3) is 2.64. The summed E-state index contributed by atoms with van der Waals surface area (Å²) in [5.74, 6) is 0.506. The Balaban J connectivity index is 1.91. The van der Waals surface area contributed by atoms with E-state index in [9.17, 15) is 0 Å². The van der Waals surface area contributed by atoms with Gasteiger partial charge in [-0.2, -0.15) is 5.26 Å². The van der Waals surface area contributed by atoms with Crippen LogP contribution in [-0.2, 0) is 0 Å². The van der Waals surface area contributed by atoms with Gasteiger partial charge in [0.2, 0.25) is 0 Å². The third-order valence-electron chi connectivity index (χ3n) is 4.90. The molecule has 2 nitrogen and oxygen atoms in total. The number of rotatable bonds is 3. The Labute approximate surface area is 157 Å². The average Bonchev–Trinajstić information content (AvgIpc) is 3.06. The second-order valence-electron chi connectivity index (χ2n) is 6.85. The number of anilines is 2. The number of hydrogen-bond donors (Lipinski definition) is 0. The SMILES string of the molecule is CC(C)c1cccc2c1sc1c(N(C)c3ccc(C#N)cc3)cccc12. The van der Waals surface area contributed by atoms with Gasteiger partial charge in [0.25, 0.3) is 0 Å². The van der Waals surface area contributed by atoms with Crippen LogP contribution >= 0.6 is 11.3 Å². The summed E-state index contributed by atoms with van der Waals surface area (Å²) in [4.78, 5) is 2.20. The Kier molecular flexibility index (Phi) is 4.14. The highest BCUT2D eigenvalue weighted by atomic mass is 32.1. The molecule has 0 aliphatic carbocycles. The zero-order valence-electron chi connectivity index (χ0n) is 15.2. The molecule has 0 aliphatic heterocycles. The molecule has 0 fully saturated rings. The summed E-state index contributed by atoms with van der Waals surface area (Å²) >= 11 is 1.88. The molecular formula is C23H20N2S. The first-order valence-electron chi connectivity index (χ1n) is 8.78. The molecule has 4 aromatic rings. The van der Waals surface area contributed by atoms with E-state index in [0.29, 0.717) is 11.5 Å². The molecule has 0 saturated carbocycles. The van der Waals surface area contributed by atoms with Crippen LogP contribution in [0.4, 0.5) is 11.4 Å². The molecule has 0 unspecified atom stereocenters. The van der Waals surface area contributed by atoms with Gasteiger partial charge in [-0.3, -0.25) is 0 Å². The number of thiophene rings is 1. The first-order chi connectivity index (χ1) is 12.6. The van der Waals surface area contributed by atoms with Crippen molar-refractivity contribution in [1.82, 2.24) is 0 Å². The fourth-order valence-corrected chi connectivity index (χ4v) is 4.96. The van der Waals surface area contributed by atoms with Crippen LogP contribution in [0.25, 0.3) is 20.2 Å². The lowest BCUT2D eigenvalue weighted by molar-refractivity contribution is 0.878. The Hall–Kier alpha value is -2.83. The maximum absolute atomic E-state index is 9.01. The monoisotopic (exact) mass is 356 g/mol. The largest absolute Gasteiger partial charge is 0.343 e. The molecule has 0 amide bonds. The van der Waals surface area contributed by atoms with Gasteiger partial charge in [-0.25, -0.2) is 0 Å². The summed E-state index contributed by atoms with van der Waals surface area (Å²) in [5, 5.41) is 11.7. The summed E-state index contributed by atoms with van der Waals surface area (Å²) in [6.45, 7) is 4.51. The quantitative estimate of drug-likeness (QED) is 0.403. The second kappa shape index (κ2) is 6.48. The fourth-order valence-electron chi connectivity index (χ4n) is 3.44. The molecule has 0 aliphatic rings. The van der Waals surface area contributed by atoms with Crippen molar-refractivity contribution in [3.05, 3.63) is 71.8 Å². The lowest BCUT2D eigenvalue weighted by Crippen LogP contribution is -2.09. The number of benzene rings is 3. The van der Waals surface area contributed by atoms with E-state index in [4.69, 9.17) is 5.26 Å². The van der Waals surface area contributed by atoms with Crippen LogP contribution in [0.1, 0.15) is 30.9 Å². The molecule has 0 radical (unpaired) electrons. The summed E-state index contributed by atoms with van der Waals surface area (Å²) in [7, 11) is 2.09. The van der Waals surface area contributed by atoms with E-state index in [-0.39, 0.29) is 0 Å². The molecule has 3 aromatic carbocycles. The second-order valence-corrected chi connectivity index (χ2v) is 7.87. The smallest absolute Gasteiger partial charge is 0.0991 e. The molecule has 4 rings (SSSR count). The predicted molar refractivity (Wildman–Crippen MR) is 113 cm³/mol. The third-order valence-corrected chi connectivity index (χ3v) is 6.19. The maximum Gasteiger partial charge on any atom is 0.0991 e. The number of nitriles is 1. The van der Waals surface area contributed by atoms with E-state index < -0.39 is 0 Å². The van der Waals surface area contributed by atoms with E-state index in [0.717, 1.165) is 5.69 Å². The van der Waals surface area contributed by atoms with Gasteiger partial charge in [0, 0.05) is 28.2 Å². The van der Waals surface area contributed by atoms with Gasteiger partial charge in [0.1, 0.15) is 0 Å². The molecule has 1 heterocycles. The molecule has 0 atom stereocenters. The molecule has 3 heteroatoms. The molecule has 0 saturated heterocycles. The first-order valence-corrected chi connectivity index (χ1v) is 9.60. The fraction of sp³-hybridized carbons (Fsp3) is 0.174. The van der Waals surface area contributed by atoms with Crippen LogP contribution in [0, 0.1) is 11.3 Å². The standard InChI is InChI=1S/C23H20N2S/c1-15(2)18-6-4-7-19-20-8-5-9-21(23(20)26-22(18)19)25(3)17-12-10-16(14-24)11-13-17/h4-13,15H,1-3H3. The van der Waals surface area contributed by atoms with Crippen molar-refractivity contribution in [2.45, 2.75) is 19.8 Å². The Morgan fingerprint density at radius 1 is 0.885 bits per heavy atom. The van der Waals surface area contributed by atoms with Gasteiger partial charge < -0.3 is 4.90 Å². The summed E-state index contributed by atoms with van der Waals surface area (Å²) < 4.78 is 2.70. The van der Waals surface area contributed by atoms with Crippen LogP contribution in [-0.4, -0.2) is 7.05 Å². The summed E-state index contributed by atoms with van der Waals surface area (Å²) in [6.07, 6.45) is 0. The zero-order chi connectivity index (χ0) is 18.3. The zero-order valence-corrected chi connectivity index (χ0v) is 16.0. The molecular weight excluding hydrogens is 336 g/mol. The van der Waals surface area contributed by atoms with Crippen LogP contribution < -0.4 is 4.90 Å². The predicted octanol–water partition coefficient (Wildman–Crippen LogP) is 6.82. The number of hydrogen-bond acceptors (Lipinski definition) is 3. The van der Waals surface area contributed by atoms with Crippen LogP contribution in [0.3, 0.4) is 0 Å². The molecule has 0 spiro atoms. The van der Waals surface area contributed by atoms with Crippen LogP contribution in [0.5, 0.6) is 0 Å². The average molecular weight is 356 g/mol. The van der Waals surface area contributed by atoms with E-state index in [2.05, 4.69) is 68.3 Å². The topological polar surface area (TPSA) is 27.0 Å². The van der Waals surface area contributed by atoms with Gasteiger partial charge in [-0.1, -0.05) is 44.2 Å². The van der Waals surface area contributed by atoms with E-state index in [1.54, 1.807) is 0 Å².